The Hall–Kier alpha value is -1.91. The Kier molecular flexibility index (Phi) is 4.71. The smallest absolute Gasteiger partial charge is 0.226 e. The molecule has 104 valence electrons. The van der Waals surface area contributed by atoms with E-state index >= 15 is 0 Å². The summed E-state index contributed by atoms with van der Waals surface area (Å²) in [6.07, 6.45) is 0.0654. The molecule has 0 bridgehead atoms. The van der Waals surface area contributed by atoms with Crippen LogP contribution in [0.2, 0.25) is 5.02 Å². The predicted octanol–water partition coefficient (Wildman–Crippen LogP) is 3.51. The lowest BCUT2D eigenvalue weighted by Gasteiger charge is -2.12. The van der Waals surface area contributed by atoms with Crippen LogP contribution in [0.5, 0.6) is 0 Å². The van der Waals surface area contributed by atoms with Crippen LogP contribution in [0, 0.1) is 5.82 Å². The largest absolute Gasteiger partial charge is 0.324 e. The van der Waals surface area contributed by atoms with Crippen molar-refractivity contribution in [3.8, 4) is 0 Å². The van der Waals surface area contributed by atoms with Crippen molar-refractivity contribution in [1.29, 1.82) is 0 Å². The van der Waals surface area contributed by atoms with Crippen LogP contribution in [-0.4, -0.2) is 5.91 Å². The van der Waals surface area contributed by atoms with E-state index in [4.69, 9.17) is 17.3 Å². The van der Waals surface area contributed by atoms with Gasteiger partial charge in [-0.1, -0.05) is 48.0 Å². The number of amides is 1. The lowest BCUT2D eigenvalue weighted by molar-refractivity contribution is -0.116. The van der Waals surface area contributed by atoms with Crippen LogP contribution in [0.1, 0.15) is 18.0 Å². The molecule has 5 heteroatoms. The first-order chi connectivity index (χ1) is 9.58. The molecule has 3 N–H and O–H groups in total. The highest BCUT2D eigenvalue weighted by atomic mass is 35.5. The molecule has 0 radical (unpaired) electrons. The van der Waals surface area contributed by atoms with Gasteiger partial charge in [0.25, 0.3) is 0 Å². The zero-order valence-corrected chi connectivity index (χ0v) is 11.4. The van der Waals surface area contributed by atoms with Gasteiger partial charge in [-0.05, 0) is 17.7 Å². The lowest BCUT2D eigenvalue weighted by Crippen LogP contribution is -2.21. The van der Waals surface area contributed by atoms with Crippen molar-refractivity contribution < 1.29 is 9.18 Å². The van der Waals surface area contributed by atoms with E-state index in [0.717, 1.165) is 5.56 Å². The molecule has 0 aromatic heterocycles. The summed E-state index contributed by atoms with van der Waals surface area (Å²) in [7, 11) is 0. The fourth-order valence-corrected chi connectivity index (χ4v) is 1.99. The number of hydrogen-bond donors (Lipinski definition) is 2. The van der Waals surface area contributed by atoms with Crippen LogP contribution in [0.25, 0.3) is 0 Å². The van der Waals surface area contributed by atoms with Gasteiger partial charge in [0, 0.05) is 12.5 Å². The minimum atomic E-state index is -0.643. The van der Waals surface area contributed by atoms with Crippen LogP contribution in [-0.2, 0) is 4.79 Å². The van der Waals surface area contributed by atoms with Gasteiger partial charge in [-0.15, -0.1) is 0 Å². The van der Waals surface area contributed by atoms with Crippen molar-refractivity contribution in [2.45, 2.75) is 12.5 Å². The summed E-state index contributed by atoms with van der Waals surface area (Å²) >= 11 is 5.65. The van der Waals surface area contributed by atoms with E-state index in [1.54, 1.807) is 6.07 Å². The molecule has 0 aliphatic heterocycles. The number of carbonyl (C=O) groups is 1. The predicted molar refractivity (Wildman–Crippen MR) is 78.0 cm³/mol. The molecule has 0 heterocycles. The molecule has 0 aliphatic rings. The Morgan fingerprint density at radius 2 is 1.90 bits per heavy atom. The molecule has 0 aliphatic carbocycles. The Labute approximate surface area is 121 Å². The number of nitrogens with two attached hydrogens (primary N) is 1. The summed E-state index contributed by atoms with van der Waals surface area (Å²) in [4.78, 5) is 11.9. The van der Waals surface area contributed by atoms with Crippen molar-refractivity contribution >= 4 is 23.2 Å². The maximum Gasteiger partial charge on any atom is 0.226 e. The van der Waals surface area contributed by atoms with E-state index in [1.807, 2.05) is 30.3 Å². The maximum atomic E-state index is 13.6. The summed E-state index contributed by atoms with van der Waals surface area (Å²) in [6.45, 7) is 0. The van der Waals surface area contributed by atoms with Gasteiger partial charge in [-0.2, -0.15) is 0 Å². The van der Waals surface area contributed by atoms with Crippen molar-refractivity contribution in [3.05, 3.63) is 64.9 Å². The molecule has 2 rings (SSSR count). The van der Waals surface area contributed by atoms with E-state index in [2.05, 4.69) is 5.32 Å². The SMILES string of the molecule is NC(CC(=O)Nc1cccc(Cl)c1F)c1ccccc1. The third kappa shape index (κ3) is 3.56. The fraction of sp³-hybridized carbons (Fsp3) is 0.133. The first kappa shape index (κ1) is 14.5. The maximum absolute atomic E-state index is 13.6. The molecule has 3 nitrogen and oxygen atoms in total. The minimum absolute atomic E-state index is 0.0323. The molecule has 0 saturated carbocycles. The quantitative estimate of drug-likeness (QED) is 0.906. The third-order valence-electron chi connectivity index (χ3n) is 2.86. The highest BCUT2D eigenvalue weighted by molar-refractivity contribution is 6.31. The number of carbonyl (C=O) groups excluding carboxylic acids is 1. The fourth-order valence-electron chi connectivity index (χ4n) is 1.82. The molecule has 2 aromatic rings. The van der Waals surface area contributed by atoms with Gasteiger partial charge in [0.05, 0.1) is 10.7 Å². The number of rotatable bonds is 4. The summed E-state index contributed by atoms with van der Waals surface area (Å²) in [5, 5.41) is 2.44. The minimum Gasteiger partial charge on any atom is -0.324 e. The average molecular weight is 293 g/mol. The Morgan fingerprint density at radius 3 is 2.60 bits per heavy atom. The summed E-state index contributed by atoms with van der Waals surface area (Å²) in [5.74, 6) is -1.00. The van der Waals surface area contributed by atoms with Gasteiger partial charge < -0.3 is 11.1 Å². The molecule has 1 atom stereocenters. The highest BCUT2D eigenvalue weighted by Gasteiger charge is 2.14. The van der Waals surface area contributed by atoms with Crippen molar-refractivity contribution in [1.82, 2.24) is 0 Å². The second kappa shape index (κ2) is 6.50. The van der Waals surface area contributed by atoms with Crippen molar-refractivity contribution in [3.63, 3.8) is 0 Å². The van der Waals surface area contributed by atoms with Gasteiger partial charge >= 0.3 is 0 Å². The Bertz CT molecular complexity index is 604. The van der Waals surface area contributed by atoms with Crippen LogP contribution in [0.4, 0.5) is 10.1 Å². The number of nitrogens with one attached hydrogen (secondary N) is 1. The molecule has 1 amide bonds. The van der Waals surface area contributed by atoms with Gasteiger partial charge in [-0.25, -0.2) is 4.39 Å². The second-order valence-electron chi connectivity index (χ2n) is 4.37. The topological polar surface area (TPSA) is 55.1 Å². The molecule has 1 unspecified atom stereocenters. The molecule has 0 fully saturated rings. The van der Waals surface area contributed by atoms with Crippen LogP contribution in [0.15, 0.2) is 48.5 Å². The van der Waals surface area contributed by atoms with E-state index in [0.29, 0.717) is 0 Å². The molecular formula is C15H14ClFN2O. The summed E-state index contributed by atoms with van der Waals surface area (Å²) in [6, 6.07) is 13.3. The zero-order chi connectivity index (χ0) is 14.5. The Balaban J connectivity index is 2.01. The number of benzene rings is 2. The summed E-state index contributed by atoms with van der Waals surface area (Å²) < 4.78 is 13.6. The monoisotopic (exact) mass is 292 g/mol. The number of anilines is 1. The summed E-state index contributed by atoms with van der Waals surface area (Å²) in [5.41, 5.74) is 6.85. The lowest BCUT2D eigenvalue weighted by atomic mass is 10.0. The molecule has 2 aromatic carbocycles. The van der Waals surface area contributed by atoms with Crippen molar-refractivity contribution in [2.75, 3.05) is 5.32 Å². The van der Waals surface area contributed by atoms with Crippen LogP contribution in [0.3, 0.4) is 0 Å². The van der Waals surface area contributed by atoms with Gasteiger partial charge in [0.1, 0.15) is 0 Å². The number of hydrogen-bond acceptors (Lipinski definition) is 2. The van der Waals surface area contributed by atoms with Crippen LogP contribution < -0.4 is 11.1 Å². The van der Waals surface area contributed by atoms with Gasteiger partial charge in [0.2, 0.25) is 5.91 Å². The van der Waals surface area contributed by atoms with E-state index in [1.165, 1.54) is 12.1 Å². The van der Waals surface area contributed by atoms with Gasteiger partial charge in [-0.3, -0.25) is 4.79 Å². The van der Waals surface area contributed by atoms with E-state index < -0.39 is 11.9 Å². The second-order valence-corrected chi connectivity index (χ2v) is 4.78. The molecule has 20 heavy (non-hydrogen) atoms. The van der Waals surface area contributed by atoms with Crippen LogP contribution >= 0.6 is 11.6 Å². The highest BCUT2D eigenvalue weighted by Crippen LogP contribution is 2.22. The zero-order valence-electron chi connectivity index (χ0n) is 10.6. The van der Waals surface area contributed by atoms with Gasteiger partial charge in [0.15, 0.2) is 5.82 Å². The molecular weight excluding hydrogens is 279 g/mol. The Morgan fingerprint density at radius 1 is 1.20 bits per heavy atom. The third-order valence-corrected chi connectivity index (χ3v) is 3.15. The van der Waals surface area contributed by atoms with E-state index in [-0.39, 0.29) is 23.0 Å². The average Bonchev–Trinajstić information content (AvgIpc) is 2.45. The standard InChI is InChI=1S/C15H14ClFN2O/c16-11-7-4-8-13(15(11)17)19-14(20)9-12(18)10-5-2-1-3-6-10/h1-8,12H,9,18H2,(H,19,20). The first-order valence-corrected chi connectivity index (χ1v) is 6.50. The molecule has 0 saturated heterocycles. The normalized spacial score (nSPS) is 11.9. The first-order valence-electron chi connectivity index (χ1n) is 6.12. The van der Waals surface area contributed by atoms with Crippen molar-refractivity contribution in [2.24, 2.45) is 5.73 Å². The number of halogens is 2. The van der Waals surface area contributed by atoms with E-state index in [9.17, 15) is 9.18 Å². The molecule has 0 spiro atoms.